The first kappa shape index (κ1) is 13.5. The lowest BCUT2D eigenvalue weighted by atomic mass is 10.1. The largest absolute Gasteiger partial charge is 0.306 e. The SMILES string of the molecule is O=c1cc(-c2ccccc2)nc(-c2ccc(F)c(Cl)c2)[nH]1. The fourth-order valence-electron chi connectivity index (χ4n) is 1.99. The van der Waals surface area contributed by atoms with Crippen LogP contribution in [0.1, 0.15) is 0 Å². The van der Waals surface area contributed by atoms with Crippen molar-refractivity contribution in [1.82, 2.24) is 9.97 Å². The van der Waals surface area contributed by atoms with Gasteiger partial charge in [-0.25, -0.2) is 9.37 Å². The Labute approximate surface area is 125 Å². The maximum atomic E-state index is 13.2. The average molecular weight is 301 g/mol. The van der Waals surface area contributed by atoms with Gasteiger partial charge in [-0.2, -0.15) is 0 Å². The van der Waals surface area contributed by atoms with Crippen molar-refractivity contribution >= 4 is 11.6 Å². The van der Waals surface area contributed by atoms with Gasteiger partial charge < -0.3 is 4.98 Å². The molecule has 0 unspecified atom stereocenters. The van der Waals surface area contributed by atoms with Gasteiger partial charge >= 0.3 is 0 Å². The zero-order valence-corrected chi connectivity index (χ0v) is 11.6. The summed E-state index contributed by atoms with van der Waals surface area (Å²) in [6, 6.07) is 15.0. The van der Waals surface area contributed by atoms with Crippen molar-refractivity contribution in [3.05, 3.63) is 75.8 Å². The summed E-state index contributed by atoms with van der Waals surface area (Å²) in [7, 11) is 0. The fraction of sp³-hybridized carbons (Fsp3) is 0. The number of halogens is 2. The highest BCUT2D eigenvalue weighted by molar-refractivity contribution is 6.31. The van der Waals surface area contributed by atoms with Gasteiger partial charge in [-0.15, -0.1) is 0 Å². The van der Waals surface area contributed by atoms with Gasteiger partial charge in [0, 0.05) is 17.2 Å². The van der Waals surface area contributed by atoms with E-state index in [0.29, 0.717) is 17.1 Å². The molecule has 0 aliphatic heterocycles. The second-order valence-corrected chi connectivity index (χ2v) is 4.88. The second kappa shape index (κ2) is 5.50. The molecule has 21 heavy (non-hydrogen) atoms. The molecule has 0 radical (unpaired) electrons. The highest BCUT2D eigenvalue weighted by Crippen LogP contribution is 2.23. The van der Waals surface area contributed by atoms with Gasteiger partial charge in [-0.05, 0) is 18.2 Å². The zero-order valence-electron chi connectivity index (χ0n) is 10.8. The molecule has 3 rings (SSSR count). The molecule has 1 heterocycles. The predicted octanol–water partition coefficient (Wildman–Crippen LogP) is 3.90. The van der Waals surface area contributed by atoms with E-state index in [1.165, 1.54) is 24.3 Å². The standard InChI is InChI=1S/C16H10ClFN2O/c17-12-8-11(6-7-13(12)18)16-19-14(9-15(21)20-16)10-4-2-1-3-5-10/h1-9H,(H,19,20,21). The summed E-state index contributed by atoms with van der Waals surface area (Å²) in [4.78, 5) is 18.8. The van der Waals surface area contributed by atoms with Crippen molar-refractivity contribution in [2.45, 2.75) is 0 Å². The normalized spacial score (nSPS) is 10.6. The van der Waals surface area contributed by atoms with Crippen LogP contribution in [0.25, 0.3) is 22.6 Å². The molecule has 5 heteroatoms. The van der Waals surface area contributed by atoms with Crippen LogP contribution in [0.15, 0.2) is 59.4 Å². The number of H-pyrrole nitrogens is 1. The van der Waals surface area contributed by atoms with Crippen LogP contribution in [0.4, 0.5) is 4.39 Å². The first-order valence-corrected chi connectivity index (χ1v) is 6.63. The smallest absolute Gasteiger partial charge is 0.251 e. The van der Waals surface area contributed by atoms with Crippen LogP contribution in [-0.2, 0) is 0 Å². The van der Waals surface area contributed by atoms with E-state index in [9.17, 15) is 9.18 Å². The Morgan fingerprint density at radius 1 is 1.00 bits per heavy atom. The first-order chi connectivity index (χ1) is 10.1. The maximum absolute atomic E-state index is 13.2. The van der Waals surface area contributed by atoms with E-state index in [1.807, 2.05) is 30.3 Å². The van der Waals surface area contributed by atoms with Crippen molar-refractivity contribution in [3.63, 3.8) is 0 Å². The Morgan fingerprint density at radius 2 is 1.76 bits per heavy atom. The summed E-state index contributed by atoms with van der Waals surface area (Å²) in [6.45, 7) is 0. The third-order valence-electron chi connectivity index (χ3n) is 3.00. The van der Waals surface area contributed by atoms with E-state index in [2.05, 4.69) is 9.97 Å². The third kappa shape index (κ3) is 2.85. The van der Waals surface area contributed by atoms with Crippen LogP contribution in [0.2, 0.25) is 5.02 Å². The molecule has 1 N–H and O–H groups in total. The Balaban J connectivity index is 2.14. The Kier molecular flexibility index (Phi) is 3.54. The summed E-state index contributed by atoms with van der Waals surface area (Å²) in [5.41, 5.74) is 1.66. The van der Waals surface area contributed by atoms with Crippen LogP contribution in [0.5, 0.6) is 0 Å². The van der Waals surface area contributed by atoms with Gasteiger partial charge in [0.15, 0.2) is 0 Å². The van der Waals surface area contributed by atoms with E-state index in [1.54, 1.807) is 0 Å². The average Bonchev–Trinajstić information content (AvgIpc) is 2.50. The van der Waals surface area contributed by atoms with E-state index in [0.717, 1.165) is 5.56 Å². The minimum absolute atomic E-state index is 0.0136. The monoisotopic (exact) mass is 300 g/mol. The Bertz CT molecular complexity index is 846. The number of aromatic nitrogens is 2. The maximum Gasteiger partial charge on any atom is 0.251 e. The highest BCUT2D eigenvalue weighted by atomic mass is 35.5. The molecule has 0 amide bonds. The van der Waals surface area contributed by atoms with E-state index >= 15 is 0 Å². The van der Waals surface area contributed by atoms with Gasteiger partial charge in [-0.3, -0.25) is 4.79 Å². The molecule has 0 spiro atoms. The van der Waals surface area contributed by atoms with E-state index in [-0.39, 0.29) is 10.6 Å². The molecule has 2 aromatic carbocycles. The summed E-state index contributed by atoms with van der Waals surface area (Å²) in [5, 5.41) is -0.0136. The fourth-order valence-corrected chi connectivity index (χ4v) is 2.18. The molecule has 0 saturated heterocycles. The molecule has 0 saturated carbocycles. The molecule has 0 atom stereocenters. The third-order valence-corrected chi connectivity index (χ3v) is 3.29. The van der Waals surface area contributed by atoms with E-state index in [4.69, 9.17) is 11.6 Å². The number of benzene rings is 2. The van der Waals surface area contributed by atoms with E-state index < -0.39 is 5.82 Å². The quantitative estimate of drug-likeness (QED) is 0.780. The van der Waals surface area contributed by atoms with Crippen molar-refractivity contribution in [3.8, 4) is 22.6 Å². The molecule has 0 fully saturated rings. The molecule has 3 nitrogen and oxygen atoms in total. The van der Waals surface area contributed by atoms with Crippen molar-refractivity contribution < 1.29 is 4.39 Å². The van der Waals surface area contributed by atoms with Crippen LogP contribution in [-0.4, -0.2) is 9.97 Å². The summed E-state index contributed by atoms with van der Waals surface area (Å²) in [6.07, 6.45) is 0. The number of nitrogens with zero attached hydrogens (tertiary/aromatic N) is 1. The topological polar surface area (TPSA) is 45.8 Å². The molecule has 0 bridgehead atoms. The first-order valence-electron chi connectivity index (χ1n) is 6.26. The minimum Gasteiger partial charge on any atom is -0.306 e. The number of hydrogen-bond acceptors (Lipinski definition) is 2. The Morgan fingerprint density at radius 3 is 2.48 bits per heavy atom. The second-order valence-electron chi connectivity index (χ2n) is 4.47. The van der Waals surface area contributed by atoms with Gasteiger partial charge in [0.2, 0.25) is 0 Å². The van der Waals surface area contributed by atoms with Crippen LogP contribution in [0, 0.1) is 5.82 Å². The number of hydrogen-bond donors (Lipinski definition) is 1. The van der Waals surface area contributed by atoms with Gasteiger partial charge in [0.1, 0.15) is 11.6 Å². The molecular formula is C16H10ClFN2O. The number of rotatable bonds is 2. The number of nitrogens with one attached hydrogen (secondary N) is 1. The van der Waals surface area contributed by atoms with Gasteiger partial charge in [-0.1, -0.05) is 41.9 Å². The van der Waals surface area contributed by atoms with Crippen LogP contribution in [0.3, 0.4) is 0 Å². The van der Waals surface area contributed by atoms with Crippen molar-refractivity contribution in [2.75, 3.05) is 0 Å². The lowest BCUT2D eigenvalue weighted by Crippen LogP contribution is -2.08. The summed E-state index contributed by atoms with van der Waals surface area (Å²) in [5.74, 6) is -0.162. The lowest BCUT2D eigenvalue weighted by molar-refractivity contribution is 0.628. The minimum atomic E-state index is -0.512. The highest BCUT2D eigenvalue weighted by Gasteiger charge is 2.08. The van der Waals surface area contributed by atoms with Gasteiger partial charge in [0.25, 0.3) is 5.56 Å². The molecule has 3 aromatic rings. The van der Waals surface area contributed by atoms with Crippen molar-refractivity contribution in [1.29, 1.82) is 0 Å². The van der Waals surface area contributed by atoms with Gasteiger partial charge in [0.05, 0.1) is 10.7 Å². The molecule has 0 aliphatic rings. The van der Waals surface area contributed by atoms with Crippen LogP contribution < -0.4 is 5.56 Å². The predicted molar refractivity (Wildman–Crippen MR) is 80.7 cm³/mol. The zero-order chi connectivity index (χ0) is 14.8. The van der Waals surface area contributed by atoms with Crippen molar-refractivity contribution in [2.24, 2.45) is 0 Å². The lowest BCUT2D eigenvalue weighted by Gasteiger charge is -2.05. The molecule has 0 aliphatic carbocycles. The molecule has 104 valence electrons. The summed E-state index contributed by atoms with van der Waals surface area (Å²) < 4.78 is 13.2. The van der Waals surface area contributed by atoms with Crippen LogP contribution >= 0.6 is 11.6 Å². The summed E-state index contributed by atoms with van der Waals surface area (Å²) >= 11 is 5.77. The molecular weight excluding hydrogens is 291 g/mol. The number of aromatic amines is 1. The Hall–Kier alpha value is -2.46. The molecule has 1 aromatic heterocycles.